The van der Waals surface area contributed by atoms with Gasteiger partial charge in [-0.2, -0.15) is 0 Å². The van der Waals surface area contributed by atoms with Crippen LogP contribution in [-0.4, -0.2) is 17.5 Å². The number of allylic oxidation sites excluding steroid dienone is 1. The molecule has 0 fully saturated rings. The highest BCUT2D eigenvalue weighted by molar-refractivity contribution is 6.14. The number of hydrogen-bond donors (Lipinski definition) is 1. The van der Waals surface area contributed by atoms with E-state index in [2.05, 4.69) is 6.92 Å². The van der Waals surface area contributed by atoms with Crippen LogP contribution in [0.3, 0.4) is 0 Å². The molecule has 0 unspecified atom stereocenters. The van der Waals surface area contributed by atoms with E-state index in [-0.39, 0.29) is 17.3 Å². The van der Waals surface area contributed by atoms with Crippen molar-refractivity contribution in [2.24, 2.45) is 0 Å². The highest BCUT2D eigenvalue weighted by Gasteiger charge is 2.27. The second kappa shape index (κ2) is 5.93. The zero-order valence-electron chi connectivity index (χ0n) is 12.2. The number of Topliss-reactive ketones (excluding diaryl/α,β-unsaturated/α-hetero) is 1. The average Bonchev–Trinajstić information content (AvgIpc) is 2.82. The van der Waals surface area contributed by atoms with Gasteiger partial charge in [-0.1, -0.05) is 19.1 Å². The van der Waals surface area contributed by atoms with Crippen LogP contribution < -0.4 is 9.47 Å². The fourth-order valence-corrected chi connectivity index (χ4v) is 2.21. The van der Waals surface area contributed by atoms with Crippen molar-refractivity contribution in [1.29, 1.82) is 0 Å². The number of carbonyl (C=O) groups is 1. The molecule has 3 rings (SSSR count). The molecule has 112 valence electrons. The second-order valence-corrected chi connectivity index (χ2v) is 5.04. The Kier molecular flexibility index (Phi) is 3.83. The molecule has 0 saturated carbocycles. The Hall–Kier alpha value is -2.75. The molecular formula is C18H16O4. The van der Waals surface area contributed by atoms with Crippen molar-refractivity contribution in [3.8, 4) is 17.2 Å². The number of aromatic hydroxyl groups is 1. The Morgan fingerprint density at radius 2 is 1.95 bits per heavy atom. The van der Waals surface area contributed by atoms with E-state index in [1.54, 1.807) is 12.1 Å². The van der Waals surface area contributed by atoms with Crippen LogP contribution in [0.25, 0.3) is 6.08 Å². The number of ketones is 1. The maximum Gasteiger partial charge on any atom is 0.231 e. The first-order valence-electron chi connectivity index (χ1n) is 7.17. The summed E-state index contributed by atoms with van der Waals surface area (Å²) in [5.41, 5.74) is 1.32. The van der Waals surface area contributed by atoms with E-state index < -0.39 is 0 Å². The number of ether oxygens (including phenoxy) is 2. The summed E-state index contributed by atoms with van der Waals surface area (Å²) in [5.74, 6) is 1.34. The monoisotopic (exact) mass is 296 g/mol. The SMILES string of the molecule is CCCOc1ccc(C=C2Oc3cc(O)ccc3C2=O)cc1. The molecule has 2 aromatic carbocycles. The molecule has 1 N–H and O–H groups in total. The van der Waals surface area contributed by atoms with Crippen molar-refractivity contribution in [2.75, 3.05) is 6.61 Å². The first-order chi connectivity index (χ1) is 10.7. The molecule has 4 nitrogen and oxygen atoms in total. The highest BCUT2D eigenvalue weighted by Crippen LogP contribution is 2.34. The van der Waals surface area contributed by atoms with Crippen molar-refractivity contribution in [1.82, 2.24) is 0 Å². The van der Waals surface area contributed by atoms with Gasteiger partial charge in [-0.15, -0.1) is 0 Å². The smallest absolute Gasteiger partial charge is 0.231 e. The first kappa shape index (κ1) is 14.2. The third-order valence-electron chi connectivity index (χ3n) is 3.30. The minimum Gasteiger partial charge on any atom is -0.508 e. The third-order valence-corrected chi connectivity index (χ3v) is 3.30. The molecule has 22 heavy (non-hydrogen) atoms. The van der Waals surface area contributed by atoms with Crippen molar-refractivity contribution >= 4 is 11.9 Å². The van der Waals surface area contributed by atoms with Gasteiger partial charge in [0.1, 0.15) is 17.2 Å². The van der Waals surface area contributed by atoms with Gasteiger partial charge in [0.15, 0.2) is 5.76 Å². The van der Waals surface area contributed by atoms with Crippen LogP contribution in [0.2, 0.25) is 0 Å². The number of phenolic OH excluding ortho intramolecular Hbond substituents is 1. The Morgan fingerprint density at radius 3 is 2.68 bits per heavy atom. The molecule has 2 aromatic rings. The Bertz CT molecular complexity index is 729. The van der Waals surface area contributed by atoms with E-state index in [1.165, 1.54) is 12.1 Å². The third kappa shape index (κ3) is 2.81. The molecule has 1 heterocycles. The van der Waals surface area contributed by atoms with Crippen molar-refractivity contribution < 1.29 is 19.4 Å². The standard InChI is InChI=1S/C18H16O4/c1-2-9-21-14-6-3-12(4-7-14)10-17-18(20)15-8-5-13(19)11-16(15)22-17/h3-8,10-11,19H,2,9H2,1H3. The minimum atomic E-state index is -0.179. The Morgan fingerprint density at radius 1 is 1.18 bits per heavy atom. The summed E-state index contributed by atoms with van der Waals surface area (Å²) in [6.07, 6.45) is 2.64. The number of carbonyl (C=O) groups excluding carboxylic acids is 1. The maximum atomic E-state index is 12.2. The molecule has 1 aliphatic rings. The Balaban J connectivity index is 1.80. The van der Waals surface area contributed by atoms with E-state index in [9.17, 15) is 9.90 Å². The lowest BCUT2D eigenvalue weighted by atomic mass is 10.1. The van der Waals surface area contributed by atoms with Crippen molar-refractivity contribution in [3.63, 3.8) is 0 Å². The summed E-state index contributed by atoms with van der Waals surface area (Å²) in [4.78, 5) is 12.2. The van der Waals surface area contributed by atoms with E-state index >= 15 is 0 Å². The van der Waals surface area contributed by atoms with Gasteiger partial charge >= 0.3 is 0 Å². The summed E-state index contributed by atoms with van der Waals surface area (Å²) < 4.78 is 11.0. The molecule has 0 amide bonds. The van der Waals surface area contributed by atoms with Gasteiger partial charge in [-0.05, 0) is 42.3 Å². The molecule has 1 aliphatic heterocycles. The van der Waals surface area contributed by atoms with E-state index in [0.29, 0.717) is 17.9 Å². The average molecular weight is 296 g/mol. The lowest BCUT2D eigenvalue weighted by Gasteiger charge is -2.04. The van der Waals surface area contributed by atoms with Crippen LogP contribution in [-0.2, 0) is 0 Å². The quantitative estimate of drug-likeness (QED) is 0.872. The fourth-order valence-electron chi connectivity index (χ4n) is 2.21. The molecule has 0 aromatic heterocycles. The minimum absolute atomic E-state index is 0.0743. The predicted molar refractivity (Wildman–Crippen MR) is 83.3 cm³/mol. The van der Waals surface area contributed by atoms with Gasteiger partial charge in [0.05, 0.1) is 12.2 Å². The molecule has 0 bridgehead atoms. The summed E-state index contributed by atoms with van der Waals surface area (Å²) in [6.45, 7) is 2.73. The topological polar surface area (TPSA) is 55.8 Å². The number of phenols is 1. The lowest BCUT2D eigenvalue weighted by Crippen LogP contribution is -1.98. The predicted octanol–water partition coefficient (Wildman–Crippen LogP) is 3.80. The summed E-state index contributed by atoms with van der Waals surface area (Å²) in [5, 5.41) is 9.44. The molecule has 0 atom stereocenters. The van der Waals surface area contributed by atoms with Crippen LogP contribution in [0.1, 0.15) is 29.3 Å². The van der Waals surface area contributed by atoms with Gasteiger partial charge in [0, 0.05) is 6.07 Å². The van der Waals surface area contributed by atoms with E-state index in [4.69, 9.17) is 9.47 Å². The number of fused-ring (bicyclic) bond motifs is 1. The summed E-state index contributed by atoms with van der Waals surface area (Å²) in [6, 6.07) is 11.9. The maximum absolute atomic E-state index is 12.2. The fraction of sp³-hybridized carbons (Fsp3) is 0.167. The van der Waals surface area contributed by atoms with Crippen LogP contribution >= 0.6 is 0 Å². The normalized spacial score (nSPS) is 14.8. The van der Waals surface area contributed by atoms with E-state index in [0.717, 1.165) is 17.7 Å². The van der Waals surface area contributed by atoms with Gasteiger partial charge in [-0.3, -0.25) is 4.79 Å². The largest absolute Gasteiger partial charge is 0.508 e. The number of benzene rings is 2. The highest BCUT2D eigenvalue weighted by atomic mass is 16.5. The van der Waals surface area contributed by atoms with Gasteiger partial charge < -0.3 is 14.6 Å². The summed E-state index contributed by atoms with van der Waals surface area (Å²) >= 11 is 0. The van der Waals surface area contributed by atoms with Crippen LogP contribution in [0, 0.1) is 0 Å². The van der Waals surface area contributed by atoms with E-state index in [1.807, 2.05) is 24.3 Å². The van der Waals surface area contributed by atoms with Crippen molar-refractivity contribution in [2.45, 2.75) is 13.3 Å². The van der Waals surface area contributed by atoms with Gasteiger partial charge in [0.2, 0.25) is 5.78 Å². The zero-order valence-corrected chi connectivity index (χ0v) is 12.2. The molecule has 0 spiro atoms. The number of rotatable bonds is 4. The zero-order chi connectivity index (χ0) is 15.5. The first-order valence-corrected chi connectivity index (χ1v) is 7.17. The lowest BCUT2D eigenvalue weighted by molar-refractivity contribution is 0.101. The molecule has 4 heteroatoms. The molecule has 0 radical (unpaired) electrons. The van der Waals surface area contributed by atoms with Gasteiger partial charge in [-0.25, -0.2) is 0 Å². The van der Waals surface area contributed by atoms with Crippen LogP contribution in [0.5, 0.6) is 17.2 Å². The second-order valence-electron chi connectivity index (χ2n) is 5.04. The van der Waals surface area contributed by atoms with Crippen LogP contribution in [0.4, 0.5) is 0 Å². The summed E-state index contributed by atoms with van der Waals surface area (Å²) in [7, 11) is 0. The Labute approximate surface area is 128 Å². The van der Waals surface area contributed by atoms with Gasteiger partial charge in [0.25, 0.3) is 0 Å². The van der Waals surface area contributed by atoms with Crippen LogP contribution in [0.15, 0.2) is 48.2 Å². The molecule has 0 saturated heterocycles. The van der Waals surface area contributed by atoms with Crippen molar-refractivity contribution in [3.05, 3.63) is 59.4 Å². The number of hydrogen-bond acceptors (Lipinski definition) is 4. The molecular weight excluding hydrogens is 280 g/mol. The molecule has 0 aliphatic carbocycles.